The van der Waals surface area contributed by atoms with E-state index >= 15 is 0 Å². The van der Waals surface area contributed by atoms with Crippen LogP contribution in [0, 0.1) is 35.0 Å². The van der Waals surface area contributed by atoms with Crippen LogP contribution in [0.5, 0.6) is 0 Å². The Morgan fingerprint density at radius 2 is 1.52 bits per heavy atom. The summed E-state index contributed by atoms with van der Waals surface area (Å²) in [5.74, 6) is 4.50. The van der Waals surface area contributed by atoms with Gasteiger partial charge in [0.25, 0.3) is 0 Å². The average molecular weight is 369 g/mol. The largest absolute Gasteiger partial charge is 0.0856 e. The molecule has 3 fully saturated rings. The van der Waals surface area contributed by atoms with Gasteiger partial charge in [-0.25, -0.2) is 0 Å². The van der Waals surface area contributed by atoms with E-state index in [4.69, 9.17) is 0 Å². The van der Waals surface area contributed by atoms with Crippen LogP contribution in [0.25, 0.3) is 0 Å². The molecule has 6 unspecified atom stereocenters. The van der Waals surface area contributed by atoms with Crippen molar-refractivity contribution in [2.24, 2.45) is 35.0 Å². The van der Waals surface area contributed by atoms with Gasteiger partial charge < -0.3 is 0 Å². The Bertz CT molecular complexity index is 596. The van der Waals surface area contributed by atoms with Crippen LogP contribution < -0.4 is 0 Å². The Balaban J connectivity index is 1.98. The van der Waals surface area contributed by atoms with Crippen molar-refractivity contribution in [1.29, 1.82) is 0 Å². The highest BCUT2D eigenvalue weighted by atomic mass is 14.6. The van der Waals surface area contributed by atoms with Crippen LogP contribution in [-0.4, -0.2) is 0 Å². The molecule has 0 N–H and O–H groups in total. The Morgan fingerprint density at radius 3 is 2.19 bits per heavy atom. The molecule has 3 bridgehead atoms. The van der Waals surface area contributed by atoms with E-state index in [1.165, 1.54) is 68.9 Å². The molecule has 0 aromatic heterocycles. The van der Waals surface area contributed by atoms with E-state index in [0.717, 1.165) is 29.6 Å². The minimum Gasteiger partial charge on any atom is -0.0856 e. The molecule has 3 saturated carbocycles. The Labute approximate surface area is 169 Å². The lowest BCUT2D eigenvalue weighted by Crippen LogP contribution is -2.42. The van der Waals surface area contributed by atoms with Crippen LogP contribution in [0.15, 0.2) is 34.9 Å². The van der Waals surface area contributed by atoms with Crippen molar-refractivity contribution in [3.8, 4) is 0 Å². The second-order valence-electron chi connectivity index (χ2n) is 10.9. The maximum absolute atomic E-state index is 2.58. The standard InChI is InChI=1S/C27H44/c1-19(2)11-13-22(6)23-10-8-16-27-15-7-9-21(5)25(17-27)24(26(23)18-27)14-12-20(3)4/h11-13,21,23-26H,7-10,14-18H2,1-6H3. The van der Waals surface area contributed by atoms with Crippen LogP contribution in [0.3, 0.4) is 0 Å². The van der Waals surface area contributed by atoms with Gasteiger partial charge in [0, 0.05) is 0 Å². The van der Waals surface area contributed by atoms with Gasteiger partial charge in [-0.05, 0) is 108 Å². The monoisotopic (exact) mass is 368 g/mol. The van der Waals surface area contributed by atoms with E-state index in [0.29, 0.717) is 5.41 Å². The lowest BCUT2D eigenvalue weighted by atomic mass is 9.55. The number of hydrogen-bond donors (Lipinski definition) is 0. The zero-order valence-electron chi connectivity index (χ0n) is 19.0. The normalized spacial score (nSPS) is 39.2. The maximum Gasteiger partial charge on any atom is -0.0171 e. The van der Waals surface area contributed by atoms with Crippen molar-refractivity contribution < 1.29 is 0 Å². The van der Waals surface area contributed by atoms with Crippen molar-refractivity contribution in [1.82, 2.24) is 0 Å². The summed E-state index contributed by atoms with van der Waals surface area (Å²) in [6.07, 6.45) is 20.6. The van der Waals surface area contributed by atoms with Gasteiger partial charge in [-0.15, -0.1) is 0 Å². The molecule has 152 valence electrons. The Morgan fingerprint density at radius 1 is 0.852 bits per heavy atom. The molecule has 0 saturated heterocycles. The van der Waals surface area contributed by atoms with Crippen molar-refractivity contribution >= 4 is 0 Å². The molecule has 3 aliphatic rings. The molecular formula is C27H44. The minimum atomic E-state index is 0.688. The van der Waals surface area contributed by atoms with Gasteiger partial charge in [0.1, 0.15) is 0 Å². The third-order valence-electron chi connectivity index (χ3n) is 8.34. The second kappa shape index (κ2) is 8.71. The zero-order chi connectivity index (χ0) is 19.6. The predicted molar refractivity (Wildman–Crippen MR) is 120 cm³/mol. The highest BCUT2D eigenvalue weighted by Gasteiger charge is 2.51. The van der Waals surface area contributed by atoms with Crippen molar-refractivity contribution in [3.63, 3.8) is 0 Å². The first-order chi connectivity index (χ1) is 12.8. The topological polar surface area (TPSA) is 0 Å². The predicted octanol–water partition coefficient (Wildman–Crippen LogP) is 8.50. The molecule has 6 atom stereocenters. The minimum absolute atomic E-state index is 0.688. The lowest BCUT2D eigenvalue weighted by molar-refractivity contribution is 0.00794. The molecular weight excluding hydrogens is 324 g/mol. The first-order valence-corrected chi connectivity index (χ1v) is 11.8. The Kier molecular flexibility index (Phi) is 6.75. The number of fused-ring (bicyclic) bond motifs is 2. The fourth-order valence-corrected chi connectivity index (χ4v) is 6.93. The number of hydrogen-bond acceptors (Lipinski definition) is 0. The average Bonchev–Trinajstić information content (AvgIpc) is 2.83. The smallest absolute Gasteiger partial charge is 0.0171 e. The summed E-state index contributed by atoms with van der Waals surface area (Å²) in [7, 11) is 0. The summed E-state index contributed by atoms with van der Waals surface area (Å²) in [6.45, 7) is 14.0. The van der Waals surface area contributed by atoms with Gasteiger partial charge in [-0.1, -0.05) is 61.1 Å². The number of allylic oxidation sites excluding steroid dienone is 6. The molecule has 0 radical (unpaired) electrons. The van der Waals surface area contributed by atoms with Crippen molar-refractivity contribution in [2.75, 3.05) is 0 Å². The summed E-state index contributed by atoms with van der Waals surface area (Å²) in [4.78, 5) is 0. The highest BCUT2D eigenvalue weighted by Crippen LogP contribution is 2.61. The molecule has 0 aliphatic heterocycles. The SMILES string of the molecule is CC(C)=CC=C(C)C1CCCC23CCCC(C)C(C2)C(CC=C(C)C)C1C3. The van der Waals surface area contributed by atoms with Gasteiger partial charge in [0.15, 0.2) is 0 Å². The van der Waals surface area contributed by atoms with Gasteiger partial charge in [-0.2, -0.15) is 0 Å². The molecule has 0 amide bonds. The third kappa shape index (κ3) is 4.80. The molecule has 3 aliphatic carbocycles. The molecule has 3 rings (SSSR count). The van der Waals surface area contributed by atoms with E-state index in [1.54, 1.807) is 5.57 Å². The van der Waals surface area contributed by atoms with E-state index in [9.17, 15) is 0 Å². The quantitative estimate of drug-likeness (QED) is 0.344. The summed E-state index contributed by atoms with van der Waals surface area (Å²) in [5, 5.41) is 0. The van der Waals surface area contributed by atoms with Crippen LogP contribution in [0.4, 0.5) is 0 Å². The summed E-state index contributed by atoms with van der Waals surface area (Å²) in [6, 6.07) is 0. The van der Waals surface area contributed by atoms with E-state index in [-0.39, 0.29) is 0 Å². The highest BCUT2D eigenvalue weighted by molar-refractivity contribution is 5.19. The first-order valence-electron chi connectivity index (χ1n) is 11.8. The Hall–Kier alpha value is -0.780. The third-order valence-corrected chi connectivity index (χ3v) is 8.34. The molecule has 0 aromatic carbocycles. The summed E-state index contributed by atoms with van der Waals surface area (Å²) >= 11 is 0. The molecule has 0 aromatic rings. The molecule has 1 spiro atoms. The van der Waals surface area contributed by atoms with Crippen molar-refractivity contribution in [2.45, 2.75) is 99.3 Å². The van der Waals surface area contributed by atoms with Crippen LogP contribution in [0.1, 0.15) is 99.3 Å². The van der Waals surface area contributed by atoms with Crippen LogP contribution in [0.2, 0.25) is 0 Å². The van der Waals surface area contributed by atoms with E-state index in [2.05, 4.69) is 59.8 Å². The van der Waals surface area contributed by atoms with Crippen LogP contribution >= 0.6 is 0 Å². The fourth-order valence-electron chi connectivity index (χ4n) is 6.93. The zero-order valence-corrected chi connectivity index (χ0v) is 19.0. The first kappa shape index (κ1) is 20.9. The number of rotatable bonds is 4. The van der Waals surface area contributed by atoms with E-state index in [1.807, 2.05) is 0 Å². The van der Waals surface area contributed by atoms with Crippen molar-refractivity contribution in [3.05, 3.63) is 34.9 Å². The van der Waals surface area contributed by atoms with Gasteiger partial charge in [0.05, 0.1) is 0 Å². The van der Waals surface area contributed by atoms with E-state index < -0.39 is 0 Å². The van der Waals surface area contributed by atoms with Gasteiger partial charge in [-0.3, -0.25) is 0 Å². The fraction of sp³-hybridized carbons (Fsp3) is 0.778. The molecule has 27 heavy (non-hydrogen) atoms. The summed E-state index contributed by atoms with van der Waals surface area (Å²) < 4.78 is 0. The molecule has 0 heteroatoms. The lowest BCUT2D eigenvalue weighted by Gasteiger charge is -2.50. The maximum atomic E-state index is 2.58. The van der Waals surface area contributed by atoms with Crippen LogP contribution in [-0.2, 0) is 0 Å². The van der Waals surface area contributed by atoms with Gasteiger partial charge >= 0.3 is 0 Å². The molecule has 0 heterocycles. The second-order valence-corrected chi connectivity index (χ2v) is 10.9. The molecule has 0 nitrogen and oxygen atoms in total. The van der Waals surface area contributed by atoms with Gasteiger partial charge in [0.2, 0.25) is 0 Å². The summed E-state index contributed by atoms with van der Waals surface area (Å²) in [5.41, 5.74) is 5.28.